The molecule has 20 nitrogen and oxygen atoms in total. The van der Waals surface area contributed by atoms with Gasteiger partial charge in [0.05, 0.1) is 18.9 Å². The third kappa shape index (κ3) is 14.7. The summed E-state index contributed by atoms with van der Waals surface area (Å²) in [4.78, 5) is 115. The molecular formula is C35H49N7O13. The zero-order valence-electron chi connectivity index (χ0n) is 30.8. The van der Waals surface area contributed by atoms with Crippen LogP contribution in [0.4, 0.5) is 0 Å². The molecule has 1 heterocycles. The molecule has 6 unspecified atom stereocenters. The number of amides is 5. The van der Waals surface area contributed by atoms with Gasteiger partial charge in [0.25, 0.3) is 0 Å². The molecule has 2 aromatic rings. The highest BCUT2D eigenvalue weighted by molar-refractivity contribution is 5.98. The number of carbonyl (C=O) groups is 9. The minimum absolute atomic E-state index is 0.0258. The molecule has 0 spiro atoms. The molecule has 302 valence electrons. The van der Waals surface area contributed by atoms with E-state index >= 15 is 0 Å². The van der Waals surface area contributed by atoms with Crippen LogP contribution in [0.15, 0.2) is 30.5 Å². The van der Waals surface area contributed by atoms with Crippen molar-refractivity contribution in [2.45, 2.75) is 102 Å². The molecule has 12 N–H and O–H groups in total. The second kappa shape index (κ2) is 21.0. The normalized spacial score (nSPS) is 14.5. The third-order valence-electron chi connectivity index (χ3n) is 8.33. The molecule has 20 heteroatoms. The third-order valence-corrected chi connectivity index (χ3v) is 8.33. The fourth-order valence-corrected chi connectivity index (χ4v) is 5.47. The fraction of sp³-hybridized carbons (Fsp3) is 0.514. The van der Waals surface area contributed by atoms with Crippen LogP contribution in [0.1, 0.15) is 65.4 Å². The number of para-hydroxylation sites is 1. The Morgan fingerprint density at radius 3 is 1.75 bits per heavy atom. The van der Waals surface area contributed by atoms with Crippen molar-refractivity contribution in [3.05, 3.63) is 36.0 Å². The molecule has 0 aliphatic heterocycles. The van der Waals surface area contributed by atoms with Gasteiger partial charge in [-0.25, -0.2) is 4.79 Å². The van der Waals surface area contributed by atoms with Crippen molar-refractivity contribution in [3.63, 3.8) is 0 Å². The number of hydrogen-bond acceptors (Lipinski definition) is 10. The van der Waals surface area contributed by atoms with Crippen molar-refractivity contribution in [2.75, 3.05) is 0 Å². The lowest BCUT2D eigenvalue weighted by Crippen LogP contribution is -2.60. The molecule has 0 fully saturated rings. The zero-order chi connectivity index (χ0) is 41.6. The molecule has 2 rings (SSSR count). The highest BCUT2D eigenvalue weighted by Gasteiger charge is 2.35. The summed E-state index contributed by atoms with van der Waals surface area (Å²) in [5, 5.41) is 49.4. The van der Waals surface area contributed by atoms with Crippen LogP contribution in [0.25, 0.3) is 10.9 Å². The minimum Gasteiger partial charge on any atom is -0.481 e. The number of aromatic amines is 1. The maximum Gasteiger partial charge on any atom is 0.326 e. The molecule has 0 radical (unpaired) electrons. The van der Waals surface area contributed by atoms with Crippen molar-refractivity contribution in [2.24, 2.45) is 17.6 Å². The molecule has 5 amide bonds. The van der Waals surface area contributed by atoms with Gasteiger partial charge < -0.3 is 57.7 Å². The SMILES string of the molecule is CC(C)CC(NC(=O)C(Cc1c[nH]c2ccccc12)NC(=O)C(N)CCC(=O)O)C(=O)NC(CC(=O)O)C(=O)NC(C(=O)NC(CC(=O)O)C(=O)O)C(C)C. The van der Waals surface area contributed by atoms with Crippen LogP contribution >= 0.6 is 0 Å². The highest BCUT2D eigenvalue weighted by Crippen LogP contribution is 2.20. The fourth-order valence-electron chi connectivity index (χ4n) is 5.47. The Kier molecular flexibility index (Phi) is 17.2. The second-order valence-electron chi connectivity index (χ2n) is 13.7. The van der Waals surface area contributed by atoms with E-state index in [1.807, 2.05) is 5.32 Å². The number of nitrogens with two attached hydrogens (primary N) is 1. The summed E-state index contributed by atoms with van der Waals surface area (Å²) in [5.74, 6) is -11.7. The summed E-state index contributed by atoms with van der Waals surface area (Å²) in [5.41, 5.74) is 7.25. The number of rotatable bonds is 23. The van der Waals surface area contributed by atoms with Crippen LogP contribution < -0.4 is 32.3 Å². The number of nitrogens with one attached hydrogen (secondary N) is 6. The Hall–Kier alpha value is -6.05. The van der Waals surface area contributed by atoms with Crippen molar-refractivity contribution in [1.29, 1.82) is 0 Å². The minimum atomic E-state index is -1.84. The Labute approximate surface area is 315 Å². The van der Waals surface area contributed by atoms with Crippen LogP contribution in [-0.2, 0) is 49.6 Å². The Balaban J connectivity index is 2.36. The number of H-pyrrole nitrogens is 1. The largest absolute Gasteiger partial charge is 0.481 e. The predicted octanol–water partition coefficient (Wildman–Crippen LogP) is -0.937. The molecule has 1 aromatic heterocycles. The predicted molar refractivity (Wildman–Crippen MR) is 193 cm³/mol. The number of aliphatic carboxylic acids is 4. The molecular weight excluding hydrogens is 726 g/mol. The van der Waals surface area contributed by atoms with Crippen LogP contribution in [-0.4, -0.2) is 115 Å². The molecule has 1 aromatic carbocycles. The number of aromatic nitrogens is 1. The van der Waals surface area contributed by atoms with Gasteiger partial charge >= 0.3 is 23.9 Å². The van der Waals surface area contributed by atoms with E-state index < -0.39 is 115 Å². The summed E-state index contributed by atoms with van der Waals surface area (Å²) in [6.45, 7) is 6.39. The van der Waals surface area contributed by atoms with E-state index in [1.54, 1.807) is 44.3 Å². The second-order valence-corrected chi connectivity index (χ2v) is 13.7. The van der Waals surface area contributed by atoms with Gasteiger partial charge in [-0.1, -0.05) is 45.9 Å². The van der Waals surface area contributed by atoms with E-state index in [0.29, 0.717) is 5.56 Å². The maximum absolute atomic E-state index is 13.9. The topological polar surface area (TPSA) is 337 Å². The van der Waals surface area contributed by atoms with Crippen molar-refractivity contribution >= 4 is 64.3 Å². The first-order valence-electron chi connectivity index (χ1n) is 17.4. The quantitative estimate of drug-likeness (QED) is 0.0650. The van der Waals surface area contributed by atoms with E-state index in [1.165, 1.54) is 13.8 Å². The zero-order valence-corrected chi connectivity index (χ0v) is 30.8. The first-order chi connectivity index (χ1) is 25.7. The van der Waals surface area contributed by atoms with Gasteiger partial charge in [-0.2, -0.15) is 0 Å². The number of carboxylic acids is 4. The van der Waals surface area contributed by atoms with Crippen molar-refractivity contribution < 1.29 is 63.6 Å². The summed E-state index contributed by atoms with van der Waals surface area (Å²) in [6, 6.07) is -2.03. The van der Waals surface area contributed by atoms with Crippen LogP contribution in [0.2, 0.25) is 0 Å². The average molecular weight is 776 g/mol. The smallest absolute Gasteiger partial charge is 0.326 e. The average Bonchev–Trinajstić information content (AvgIpc) is 3.49. The van der Waals surface area contributed by atoms with E-state index in [4.69, 9.17) is 15.9 Å². The lowest BCUT2D eigenvalue weighted by atomic mass is 9.99. The Morgan fingerprint density at radius 1 is 0.655 bits per heavy atom. The van der Waals surface area contributed by atoms with Gasteiger partial charge in [-0.15, -0.1) is 0 Å². The van der Waals surface area contributed by atoms with Crippen molar-refractivity contribution in [1.82, 2.24) is 31.6 Å². The first kappa shape index (κ1) is 45.1. The van der Waals surface area contributed by atoms with Gasteiger partial charge in [0, 0.05) is 29.9 Å². The van der Waals surface area contributed by atoms with Gasteiger partial charge in [-0.05, 0) is 36.3 Å². The lowest BCUT2D eigenvalue weighted by molar-refractivity contribution is -0.147. The highest BCUT2D eigenvalue weighted by atomic mass is 16.4. The van der Waals surface area contributed by atoms with Crippen LogP contribution in [0.3, 0.4) is 0 Å². The van der Waals surface area contributed by atoms with E-state index in [2.05, 4.69) is 26.3 Å². The first-order valence-corrected chi connectivity index (χ1v) is 17.4. The molecule has 0 saturated heterocycles. The molecule has 0 aliphatic rings. The summed E-state index contributed by atoms with van der Waals surface area (Å²) in [7, 11) is 0. The van der Waals surface area contributed by atoms with E-state index in [-0.39, 0.29) is 25.2 Å². The molecule has 0 saturated carbocycles. The maximum atomic E-state index is 13.9. The molecule has 55 heavy (non-hydrogen) atoms. The van der Waals surface area contributed by atoms with E-state index in [0.717, 1.165) is 10.9 Å². The number of benzene rings is 1. The molecule has 0 aliphatic carbocycles. The lowest BCUT2D eigenvalue weighted by Gasteiger charge is -2.28. The number of carbonyl (C=O) groups excluding carboxylic acids is 5. The number of carboxylic acid groups (broad SMARTS) is 4. The van der Waals surface area contributed by atoms with Crippen LogP contribution in [0, 0.1) is 11.8 Å². The van der Waals surface area contributed by atoms with E-state index in [9.17, 15) is 53.4 Å². The summed E-state index contributed by atoms with van der Waals surface area (Å²) < 4.78 is 0. The summed E-state index contributed by atoms with van der Waals surface area (Å²) in [6.07, 6.45) is -1.07. The summed E-state index contributed by atoms with van der Waals surface area (Å²) >= 11 is 0. The van der Waals surface area contributed by atoms with Gasteiger partial charge in [0.1, 0.15) is 30.2 Å². The van der Waals surface area contributed by atoms with Gasteiger partial charge in [-0.3, -0.25) is 38.4 Å². The number of fused-ring (bicyclic) bond motifs is 1. The molecule has 0 bridgehead atoms. The van der Waals surface area contributed by atoms with Gasteiger partial charge in [0.15, 0.2) is 0 Å². The van der Waals surface area contributed by atoms with Crippen LogP contribution in [0.5, 0.6) is 0 Å². The molecule has 6 atom stereocenters. The Bertz CT molecular complexity index is 1740. The standard InChI is InChI=1S/C35H49N7O13/c1-16(2)11-22(31(50)40-24(13-27(45)46)33(52)42-29(17(3)4)34(53)41-25(35(54)55)14-28(47)48)39-32(51)23(38-30(49)20(36)9-10-26(43)44)12-18-15-37-21-8-6-5-7-19(18)21/h5-8,15-17,20,22-25,29,37H,9-14,36H2,1-4H3,(H,38,49)(H,39,51)(H,40,50)(H,41,53)(H,42,52)(H,43,44)(H,45,46)(H,47,48)(H,54,55). The van der Waals surface area contributed by atoms with Gasteiger partial charge in [0.2, 0.25) is 29.5 Å². The van der Waals surface area contributed by atoms with Crippen molar-refractivity contribution in [3.8, 4) is 0 Å². The Morgan fingerprint density at radius 2 is 1.18 bits per heavy atom. The number of hydrogen-bond donors (Lipinski definition) is 11. The monoisotopic (exact) mass is 775 g/mol.